The van der Waals surface area contributed by atoms with Gasteiger partial charge >= 0.3 is 11.9 Å². The largest absolute Gasteiger partial charge is 0.469 e. The second-order valence-corrected chi connectivity index (χ2v) is 6.36. The first-order valence-corrected chi connectivity index (χ1v) is 8.32. The lowest BCUT2D eigenvalue weighted by Gasteiger charge is -2.36. The van der Waals surface area contributed by atoms with Gasteiger partial charge in [0.15, 0.2) is 0 Å². The smallest absolute Gasteiger partial charge is 0.310 e. The van der Waals surface area contributed by atoms with Crippen LogP contribution in [0.25, 0.3) is 0 Å². The van der Waals surface area contributed by atoms with Crippen LogP contribution in [0.15, 0.2) is 35.9 Å². The van der Waals surface area contributed by atoms with Crippen molar-refractivity contribution in [1.29, 1.82) is 0 Å². The predicted octanol–water partition coefficient (Wildman–Crippen LogP) is 1.98. The van der Waals surface area contributed by atoms with Crippen molar-refractivity contribution in [2.24, 2.45) is 17.8 Å². The summed E-state index contributed by atoms with van der Waals surface area (Å²) in [5.74, 6) is -2.42. The van der Waals surface area contributed by atoms with Gasteiger partial charge < -0.3 is 19.5 Å². The van der Waals surface area contributed by atoms with Crippen molar-refractivity contribution in [1.82, 2.24) is 0 Å². The normalized spacial score (nSPS) is 27.9. The SMILES string of the molecule is CNc1ccc(C2C=C3COCC3C(C(=O)OC)[C@H]2C(=O)OC)cc1. The average Bonchev–Trinajstić information content (AvgIpc) is 3.13. The molecule has 1 aliphatic carbocycles. The van der Waals surface area contributed by atoms with E-state index in [1.54, 1.807) is 0 Å². The van der Waals surface area contributed by atoms with Crippen molar-refractivity contribution in [2.75, 3.05) is 39.8 Å². The number of allylic oxidation sites excluding steroid dienone is 1. The molecule has 1 aromatic rings. The Balaban J connectivity index is 2.07. The highest BCUT2D eigenvalue weighted by atomic mass is 16.5. The summed E-state index contributed by atoms with van der Waals surface area (Å²) in [6, 6.07) is 7.83. The maximum absolute atomic E-state index is 12.6. The number of benzene rings is 1. The van der Waals surface area contributed by atoms with Crippen LogP contribution in [0.4, 0.5) is 5.69 Å². The summed E-state index contributed by atoms with van der Waals surface area (Å²) >= 11 is 0. The second-order valence-electron chi connectivity index (χ2n) is 6.36. The van der Waals surface area contributed by atoms with E-state index in [1.165, 1.54) is 14.2 Å². The fraction of sp³-hybridized carbons (Fsp3) is 0.474. The zero-order valence-electron chi connectivity index (χ0n) is 14.7. The Hall–Kier alpha value is -2.34. The lowest BCUT2D eigenvalue weighted by Crippen LogP contribution is -2.43. The first-order chi connectivity index (χ1) is 12.1. The van der Waals surface area contributed by atoms with E-state index in [-0.39, 0.29) is 11.8 Å². The molecule has 0 amide bonds. The molecule has 1 saturated heterocycles. The number of anilines is 1. The number of rotatable bonds is 4. The molecule has 6 nitrogen and oxygen atoms in total. The monoisotopic (exact) mass is 345 g/mol. The molecule has 134 valence electrons. The predicted molar refractivity (Wildman–Crippen MR) is 92.1 cm³/mol. The number of methoxy groups -OCH3 is 2. The van der Waals surface area contributed by atoms with Crippen LogP contribution in [0.3, 0.4) is 0 Å². The summed E-state index contributed by atoms with van der Waals surface area (Å²) in [6.45, 7) is 0.904. The number of esters is 2. The molecule has 2 aliphatic rings. The van der Waals surface area contributed by atoms with Crippen molar-refractivity contribution in [3.63, 3.8) is 0 Å². The average molecular weight is 345 g/mol. The molecule has 0 spiro atoms. The third-order valence-electron chi connectivity index (χ3n) is 5.17. The first-order valence-electron chi connectivity index (χ1n) is 8.32. The number of hydrogen-bond acceptors (Lipinski definition) is 6. The van der Waals surface area contributed by atoms with Gasteiger partial charge in [0.05, 0.1) is 39.3 Å². The summed E-state index contributed by atoms with van der Waals surface area (Å²) in [6.07, 6.45) is 2.06. The molecule has 3 unspecified atom stereocenters. The van der Waals surface area contributed by atoms with Crippen molar-refractivity contribution in [2.45, 2.75) is 5.92 Å². The first kappa shape index (κ1) is 17.5. The summed E-state index contributed by atoms with van der Waals surface area (Å²) in [5, 5.41) is 3.07. The molecule has 6 heteroatoms. The van der Waals surface area contributed by atoms with Gasteiger partial charge in [-0.15, -0.1) is 0 Å². The number of fused-ring (bicyclic) bond motifs is 1. The number of ether oxygens (including phenoxy) is 3. The van der Waals surface area contributed by atoms with Crippen LogP contribution in [-0.4, -0.2) is 46.4 Å². The van der Waals surface area contributed by atoms with Gasteiger partial charge in [-0.05, 0) is 23.3 Å². The van der Waals surface area contributed by atoms with Crippen LogP contribution in [0.2, 0.25) is 0 Å². The summed E-state index contributed by atoms with van der Waals surface area (Å²) in [4.78, 5) is 25.1. The second kappa shape index (κ2) is 7.27. The van der Waals surface area contributed by atoms with E-state index < -0.39 is 23.8 Å². The number of carbonyl (C=O) groups is 2. The summed E-state index contributed by atoms with van der Waals surface area (Å²) in [7, 11) is 4.55. The third kappa shape index (κ3) is 3.14. The maximum Gasteiger partial charge on any atom is 0.310 e. The van der Waals surface area contributed by atoms with E-state index in [0.717, 1.165) is 16.8 Å². The minimum atomic E-state index is -0.631. The fourth-order valence-electron chi connectivity index (χ4n) is 3.88. The van der Waals surface area contributed by atoms with Gasteiger partial charge in [0.25, 0.3) is 0 Å². The highest BCUT2D eigenvalue weighted by Gasteiger charge is 2.50. The molecule has 0 radical (unpaired) electrons. The molecule has 25 heavy (non-hydrogen) atoms. The zero-order valence-corrected chi connectivity index (χ0v) is 14.7. The highest BCUT2D eigenvalue weighted by Crippen LogP contribution is 2.46. The van der Waals surface area contributed by atoms with Crippen LogP contribution in [0.5, 0.6) is 0 Å². The van der Waals surface area contributed by atoms with Gasteiger partial charge in [-0.2, -0.15) is 0 Å². The lowest BCUT2D eigenvalue weighted by atomic mass is 9.66. The molecule has 3 rings (SSSR count). The third-order valence-corrected chi connectivity index (χ3v) is 5.17. The van der Waals surface area contributed by atoms with E-state index in [0.29, 0.717) is 13.2 Å². The quantitative estimate of drug-likeness (QED) is 0.664. The number of carbonyl (C=O) groups excluding carboxylic acids is 2. The molecular weight excluding hydrogens is 322 g/mol. The minimum Gasteiger partial charge on any atom is -0.469 e. The molecular formula is C19H23NO5. The maximum atomic E-state index is 12.6. The van der Waals surface area contributed by atoms with Crippen LogP contribution < -0.4 is 5.32 Å². The molecule has 0 saturated carbocycles. The minimum absolute atomic E-state index is 0.135. The molecule has 1 fully saturated rings. The standard InChI is InChI=1S/C19H23NO5/c1-20-13-6-4-11(5-7-13)14-8-12-9-25-10-15(12)17(19(22)24-3)16(14)18(21)23-2/h4-8,14-17,20H,9-10H2,1-3H3/t14?,15?,16-,17?/m0/s1. The Morgan fingerprint density at radius 3 is 2.32 bits per heavy atom. The van der Waals surface area contributed by atoms with E-state index in [2.05, 4.69) is 11.4 Å². The Bertz CT molecular complexity index is 682. The molecule has 1 aliphatic heterocycles. The Morgan fingerprint density at radius 1 is 1.08 bits per heavy atom. The molecule has 1 N–H and O–H groups in total. The van der Waals surface area contributed by atoms with Gasteiger partial charge in [0.2, 0.25) is 0 Å². The van der Waals surface area contributed by atoms with E-state index in [4.69, 9.17) is 14.2 Å². The van der Waals surface area contributed by atoms with E-state index in [9.17, 15) is 9.59 Å². The van der Waals surface area contributed by atoms with Crippen LogP contribution in [0, 0.1) is 17.8 Å². The van der Waals surface area contributed by atoms with Gasteiger partial charge in [-0.25, -0.2) is 0 Å². The van der Waals surface area contributed by atoms with Crippen LogP contribution in [0.1, 0.15) is 11.5 Å². The fourth-order valence-corrected chi connectivity index (χ4v) is 3.88. The Labute approximate surface area is 147 Å². The van der Waals surface area contributed by atoms with Gasteiger partial charge in [-0.1, -0.05) is 18.2 Å². The number of hydrogen-bond donors (Lipinski definition) is 1. The summed E-state index contributed by atoms with van der Waals surface area (Å²) < 4.78 is 15.6. The molecule has 4 atom stereocenters. The van der Waals surface area contributed by atoms with Gasteiger partial charge in [-0.3, -0.25) is 9.59 Å². The van der Waals surface area contributed by atoms with Gasteiger partial charge in [0, 0.05) is 24.6 Å². The topological polar surface area (TPSA) is 73.9 Å². The van der Waals surface area contributed by atoms with Crippen molar-refractivity contribution < 1.29 is 23.8 Å². The van der Waals surface area contributed by atoms with Crippen molar-refractivity contribution in [3.8, 4) is 0 Å². The summed E-state index contributed by atoms with van der Waals surface area (Å²) in [5.41, 5.74) is 2.99. The van der Waals surface area contributed by atoms with E-state index >= 15 is 0 Å². The zero-order chi connectivity index (χ0) is 18.0. The number of nitrogens with one attached hydrogen (secondary N) is 1. The van der Waals surface area contributed by atoms with Crippen LogP contribution >= 0.6 is 0 Å². The molecule has 0 aromatic heterocycles. The Morgan fingerprint density at radius 2 is 1.72 bits per heavy atom. The molecule has 1 aromatic carbocycles. The molecule has 0 bridgehead atoms. The van der Waals surface area contributed by atoms with Crippen LogP contribution in [-0.2, 0) is 23.8 Å². The van der Waals surface area contributed by atoms with E-state index in [1.807, 2.05) is 31.3 Å². The highest BCUT2D eigenvalue weighted by molar-refractivity contribution is 5.84. The molecule has 1 heterocycles. The lowest BCUT2D eigenvalue weighted by molar-refractivity contribution is -0.160. The van der Waals surface area contributed by atoms with Crippen molar-refractivity contribution >= 4 is 17.6 Å². The van der Waals surface area contributed by atoms with Gasteiger partial charge in [0.1, 0.15) is 0 Å². The van der Waals surface area contributed by atoms with Crippen molar-refractivity contribution in [3.05, 3.63) is 41.5 Å². The Kier molecular flexibility index (Phi) is 5.08.